The molecule has 0 aliphatic rings. The summed E-state index contributed by atoms with van der Waals surface area (Å²) in [7, 11) is -2.74. The number of amides is 1. The Morgan fingerprint density at radius 2 is 1.50 bits per heavy atom. The molecule has 34 heavy (non-hydrogen) atoms. The maximum atomic E-state index is 13.3. The van der Waals surface area contributed by atoms with Crippen LogP contribution in [-0.2, 0) is 14.8 Å². The Bertz CT molecular complexity index is 1230. The van der Waals surface area contributed by atoms with Crippen molar-refractivity contribution in [1.29, 1.82) is 0 Å². The predicted molar refractivity (Wildman–Crippen MR) is 121 cm³/mol. The molecule has 0 atom stereocenters. The van der Waals surface area contributed by atoms with E-state index < -0.39 is 34.6 Å². The van der Waals surface area contributed by atoms with Crippen LogP contribution in [0.3, 0.4) is 0 Å². The van der Waals surface area contributed by atoms with Crippen LogP contribution in [0.2, 0.25) is 5.02 Å². The Balaban J connectivity index is 1.84. The second kappa shape index (κ2) is 10.2. The lowest BCUT2D eigenvalue weighted by Gasteiger charge is -2.24. The first kappa shape index (κ1) is 25.2. The third-order valence-electron chi connectivity index (χ3n) is 4.42. The van der Waals surface area contributed by atoms with Crippen molar-refractivity contribution in [3.8, 4) is 11.5 Å². The molecular formula is C22H18ClF3N2O5S. The first-order chi connectivity index (χ1) is 16.0. The zero-order chi connectivity index (χ0) is 24.9. The first-order valence-corrected chi connectivity index (χ1v) is 11.4. The quantitative estimate of drug-likeness (QED) is 0.453. The van der Waals surface area contributed by atoms with Crippen molar-refractivity contribution in [2.45, 2.75) is 11.3 Å². The van der Waals surface area contributed by atoms with Gasteiger partial charge in [-0.25, -0.2) is 8.42 Å². The number of nitrogens with one attached hydrogen (secondary N) is 1. The summed E-state index contributed by atoms with van der Waals surface area (Å²) < 4.78 is 73.3. The molecule has 0 heterocycles. The zero-order valence-electron chi connectivity index (χ0n) is 17.5. The van der Waals surface area contributed by atoms with Gasteiger partial charge in [0.2, 0.25) is 5.91 Å². The van der Waals surface area contributed by atoms with E-state index >= 15 is 0 Å². The number of alkyl halides is 3. The van der Waals surface area contributed by atoms with Gasteiger partial charge in [-0.3, -0.25) is 9.10 Å². The predicted octanol–water partition coefficient (Wildman–Crippen LogP) is 5.08. The molecule has 3 aromatic carbocycles. The summed E-state index contributed by atoms with van der Waals surface area (Å²) in [4.78, 5) is 12.6. The Labute approximate surface area is 198 Å². The number of benzene rings is 3. The maximum Gasteiger partial charge on any atom is 0.573 e. The molecule has 1 amide bonds. The molecular weight excluding hydrogens is 497 g/mol. The number of rotatable bonds is 8. The van der Waals surface area contributed by atoms with Gasteiger partial charge in [0, 0.05) is 10.7 Å². The van der Waals surface area contributed by atoms with Crippen molar-refractivity contribution in [3.63, 3.8) is 0 Å². The highest BCUT2D eigenvalue weighted by Gasteiger charge is 2.31. The molecule has 0 aliphatic heterocycles. The van der Waals surface area contributed by atoms with Gasteiger partial charge in [0.05, 0.1) is 17.7 Å². The molecule has 0 saturated carbocycles. The van der Waals surface area contributed by atoms with Gasteiger partial charge < -0.3 is 14.8 Å². The normalized spacial score (nSPS) is 11.6. The van der Waals surface area contributed by atoms with Crippen LogP contribution in [0.4, 0.5) is 24.5 Å². The highest BCUT2D eigenvalue weighted by Crippen LogP contribution is 2.27. The van der Waals surface area contributed by atoms with Crippen molar-refractivity contribution in [3.05, 3.63) is 77.8 Å². The summed E-state index contributed by atoms with van der Waals surface area (Å²) in [6.07, 6.45) is -4.85. The molecule has 3 rings (SSSR count). The van der Waals surface area contributed by atoms with Gasteiger partial charge in [-0.2, -0.15) is 0 Å². The molecule has 0 fully saturated rings. The highest BCUT2D eigenvalue weighted by molar-refractivity contribution is 7.92. The second-order valence-electron chi connectivity index (χ2n) is 6.78. The fourth-order valence-electron chi connectivity index (χ4n) is 2.87. The van der Waals surface area contributed by atoms with E-state index in [1.165, 1.54) is 67.8 Å². The lowest BCUT2D eigenvalue weighted by Crippen LogP contribution is -2.38. The molecule has 180 valence electrons. The fraction of sp³-hybridized carbons (Fsp3) is 0.136. The molecule has 1 N–H and O–H groups in total. The molecule has 0 aliphatic carbocycles. The summed E-state index contributed by atoms with van der Waals surface area (Å²) in [6.45, 7) is -0.614. The number of anilines is 2. The van der Waals surface area contributed by atoms with Gasteiger partial charge in [0.25, 0.3) is 10.0 Å². The molecule has 0 aromatic heterocycles. The maximum absolute atomic E-state index is 13.3. The van der Waals surface area contributed by atoms with E-state index in [-0.39, 0.29) is 16.3 Å². The molecule has 0 unspecified atom stereocenters. The Morgan fingerprint density at radius 1 is 0.941 bits per heavy atom. The van der Waals surface area contributed by atoms with E-state index in [0.717, 1.165) is 16.4 Å². The SMILES string of the molecule is COc1ccc(S(=O)(=O)N(CC(=O)Nc2ccc(OC(F)(F)F)cc2)c2ccc(Cl)cc2)cc1. The van der Waals surface area contributed by atoms with Crippen molar-refractivity contribution in [2.24, 2.45) is 0 Å². The number of ether oxygens (including phenoxy) is 2. The molecule has 0 radical (unpaired) electrons. The molecule has 0 bridgehead atoms. The Morgan fingerprint density at radius 3 is 2.03 bits per heavy atom. The van der Waals surface area contributed by atoms with Crippen LogP contribution in [0.5, 0.6) is 11.5 Å². The number of carbonyl (C=O) groups is 1. The third-order valence-corrected chi connectivity index (χ3v) is 6.46. The van der Waals surface area contributed by atoms with Crippen LogP contribution >= 0.6 is 11.6 Å². The minimum atomic E-state index is -4.85. The zero-order valence-corrected chi connectivity index (χ0v) is 19.1. The van der Waals surface area contributed by atoms with Gasteiger partial charge in [0.1, 0.15) is 18.0 Å². The Kier molecular flexibility index (Phi) is 7.57. The van der Waals surface area contributed by atoms with Gasteiger partial charge in [0.15, 0.2) is 0 Å². The van der Waals surface area contributed by atoms with E-state index in [4.69, 9.17) is 16.3 Å². The molecule has 0 saturated heterocycles. The van der Waals surface area contributed by atoms with E-state index in [1.54, 1.807) is 0 Å². The van der Waals surface area contributed by atoms with Gasteiger partial charge >= 0.3 is 6.36 Å². The standard InChI is InChI=1S/C22H18ClF3N2O5S/c1-32-18-10-12-20(13-11-18)34(30,31)28(17-6-2-15(23)3-7-17)14-21(29)27-16-4-8-19(9-5-16)33-22(24,25)26/h2-13H,14H2,1H3,(H,27,29). The van der Waals surface area contributed by atoms with Crippen LogP contribution in [0.15, 0.2) is 77.7 Å². The average Bonchev–Trinajstić information content (AvgIpc) is 2.78. The molecule has 12 heteroatoms. The van der Waals surface area contributed by atoms with Gasteiger partial charge in [-0.05, 0) is 72.8 Å². The largest absolute Gasteiger partial charge is 0.573 e. The number of hydrogen-bond donors (Lipinski definition) is 1. The lowest BCUT2D eigenvalue weighted by molar-refractivity contribution is -0.274. The summed E-state index contributed by atoms with van der Waals surface area (Å²) >= 11 is 5.91. The van der Waals surface area contributed by atoms with Gasteiger partial charge in [-0.1, -0.05) is 11.6 Å². The first-order valence-electron chi connectivity index (χ1n) is 9.56. The second-order valence-corrected chi connectivity index (χ2v) is 9.08. The van der Waals surface area contributed by atoms with Crippen molar-refractivity contribution in [2.75, 3.05) is 23.3 Å². The van der Waals surface area contributed by atoms with Crippen molar-refractivity contribution in [1.82, 2.24) is 0 Å². The molecule has 7 nitrogen and oxygen atoms in total. The van der Waals surface area contributed by atoms with E-state index in [1.807, 2.05) is 0 Å². The summed E-state index contributed by atoms with van der Waals surface area (Å²) in [6, 6.07) is 15.9. The monoisotopic (exact) mass is 514 g/mol. The molecule has 3 aromatic rings. The Hall–Kier alpha value is -3.44. The van der Waals surface area contributed by atoms with Crippen molar-refractivity contribution < 1.29 is 35.9 Å². The van der Waals surface area contributed by atoms with Crippen LogP contribution in [-0.4, -0.2) is 34.3 Å². The third kappa shape index (κ3) is 6.55. The number of halogens is 4. The lowest BCUT2D eigenvalue weighted by atomic mass is 10.3. The minimum absolute atomic E-state index is 0.0790. The van der Waals surface area contributed by atoms with E-state index in [0.29, 0.717) is 10.8 Å². The van der Waals surface area contributed by atoms with Crippen LogP contribution in [0, 0.1) is 0 Å². The number of sulfonamides is 1. The number of hydrogen-bond acceptors (Lipinski definition) is 5. The number of carbonyl (C=O) groups excluding carboxylic acids is 1. The van der Waals surface area contributed by atoms with Crippen molar-refractivity contribution >= 4 is 38.9 Å². The summed E-state index contributed by atoms with van der Waals surface area (Å²) in [5.41, 5.74) is 0.335. The van der Waals surface area contributed by atoms with E-state index in [9.17, 15) is 26.4 Å². The number of nitrogens with zero attached hydrogens (tertiary/aromatic N) is 1. The van der Waals surface area contributed by atoms with Crippen LogP contribution < -0.4 is 19.1 Å². The summed E-state index contributed by atoms with van der Waals surface area (Å²) in [5.74, 6) is -0.736. The summed E-state index contributed by atoms with van der Waals surface area (Å²) in [5, 5.41) is 2.83. The fourth-order valence-corrected chi connectivity index (χ4v) is 4.42. The smallest absolute Gasteiger partial charge is 0.497 e. The molecule has 0 spiro atoms. The van der Waals surface area contributed by atoms with Crippen LogP contribution in [0.1, 0.15) is 0 Å². The van der Waals surface area contributed by atoms with Gasteiger partial charge in [-0.15, -0.1) is 13.2 Å². The topological polar surface area (TPSA) is 84.9 Å². The highest BCUT2D eigenvalue weighted by atomic mass is 35.5. The van der Waals surface area contributed by atoms with E-state index in [2.05, 4.69) is 10.1 Å². The average molecular weight is 515 g/mol. The minimum Gasteiger partial charge on any atom is -0.497 e. The number of methoxy groups -OCH3 is 1. The van der Waals surface area contributed by atoms with Crippen LogP contribution in [0.25, 0.3) is 0 Å².